The summed E-state index contributed by atoms with van der Waals surface area (Å²) in [5.74, 6) is 0. The second kappa shape index (κ2) is 10.1. The summed E-state index contributed by atoms with van der Waals surface area (Å²) in [6.07, 6.45) is 1.93. The van der Waals surface area contributed by atoms with Crippen LogP contribution in [0.3, 0.4) is 0 Å². The zero-order chi connectivity index (χ0) is 30.9. The second-order valence-corrected chi connectivity index (χ2v) is 12.2. The molecule has 218 valence electrons. The number of hydrogen-bond donors (Lipinski definition) is 0. The number of pyridine rings is 1. The van der Waals surface area contributed by atoms with Gasteiger partial charge in [-0.15, -0.1) is 0 Å². The maximum absolute atomic E-state index is 6.92. The van der Waals surface area contributed by atoms with Gasteiger partial charge in [0, 0.05) is 33.7 Å². The minimum atomic E-state index is 0.909. The molecule has 10 aromatic rings. The van der Waals surface area contributed by atoms with Crippen LogP contribution >= 0.6 is 0 Å². The van der Waals surface area contributed by atoms with Crippen molar-refractivity contribution in [2.75, 3.05) is 0 Å². The van der Waals surface area contributed by atoms with Crippen molar-refractivity contribution in [2.24, 2.45) is 0 Å². The van der Waals surface area contributed by atoms with Gasteiger partial charge in [-0.25, -0.2) is 0 Å². The van der Waals surface area contributed by atoms with E-state index in [9.17, 15) is 0 Å². The maximum atomic E-state index is 6.92. The van der Waals surface area contributed by atoms with Gasteiger partial charge in [0.05, 0.1) is 5.69 Å². The van der Waals surface area contributed by atoms with Crippen LogP contribution in [0.15, 0.2) is 168 Å². The van der Waals surface area contributed by atoms with Crippen LogP contribution in [0.1, 0.15) is 0 Å². The summed E-state index contributed by atoms with van der Waals surface area (Å²) in [5.41, 5.74) is 8.57. The van der Waals surface area contributed by atoms with Crippen LogP contribution < -0.4 is 0 Å². The van der Waals surface area contributed by atoms with Gasteiger partial charge in [0.15, 0.2) is 0 Å². The van der Waals surface area contributed by atoms with Crippen molar-refractivity contribution < 1.29 is 4.42 Å². The molecule has 2 nitrogen and oxygen atoms in total. The Hall–Kier alpha value is -6.25. The van der Waals surface area contributed by atoms with Crippen molar-refractivity contribution in [3.05, 3.63) is 164 Å². The molecule has 0 N–H and O–H groups in total. The van der Waals surface area contributed by atoms with E-state index in [1.54, 1.807) is 0 Å². The summed E-state index contributed by atoms with van der Waals surface area (Å²) in [6, 6.07) is 56.4. The van der Waals surface area contributed by atoms with Crippen molar-refractivity contribution in [1.29, 1.82) is 0 Å². The van der Waals surface area contributed by atoms with Crippen molar-refractivity contribution >= 4 is 65.0 Å². The monoisotopic (exact) mass is 597 g/mol. The SMILES string of the molecule is c1ccc(-c2cc(-c3c4ccccc4c(-c4cc5ccccc5c5c4oc4ccc6ccccc6c45)c4ccccc34)ccn2)cc1. The minimum Gasteiger partial charge on any atom is -0.455 e. The summed E-state index contributed by atoms with van der Waals surface area (Å²) in [6.45, 7) is 0. The Labute approximate surface area is 271 Å². The third kappa shape index (κ3) is 3.89. The van der Waals surface area contributed by atoms with E-state index in [0.29, 0.717) is 0 Å². The van der Waals surface area contributed by atoms with Gasteiger partial charge in [0.2, 0.25) is 0 Å². The molecule has 0 aliphatic rings. The first-order valence-electron chi connectivity index (χ1n) is 16.0. The van der Waals surface area contributed by atoms with Crippen LogP contribution in [0.2, 0.25) is 0 Å². The van der Waals surface area contributed by atoms with Gasteiger partial charge < -0.3 is 4.42 Å². The molecule has 0 amide bonds. The molecule has 10 rings (SSSR count). The van der Waals surface area contributed by atoms with Crippen molar-refractivity contribution in [3.8, 4) is 33.5 Å². The van der Waals surface area contributed by atoms with Gasteiger partial charge in [-0.3, -0.25) is 4.98 Å². The molecule has 0 bridgehead atoms. The van der Waals surface area contributed by atoms with E-state index in [1.807, 2.05) is 12.3 Å². The molecule has 0 spiro atoms. The number of fused-ring (bicyclic) bond motifs is 9. The Morgan fingerprint density at radius 1 is 0.404 bits per heavy atom. The van der Waals surface area contributed by atoms with E-state index in [1.165, 1.54) is 65.0 Å². The molecule has 47 heavy (non-hydrogen) atoms. The van der Waals surface area contributed by atoms with E-state index in [0.717, 1.165) is 33.6 Å². The van der Waals surface area contributed by atoms with Crippen molar-refractivity contribution in [3.63, 3.8) is 0 Å². The Kier molecular flexibility index (Phi) is 5.61. The van der Waals surface area contributed by atoms with E-state index in [2.05, 4.69) is 152 Å². The Morgan fingerprint density at radius 2 is 0.979 bits per heavy atom. The predicted octanol–water partition coefficient (Wildman–Crippen LogP) is 12.6. The van der Waals surface area contributed by atoms with Crippen LogP contribution in [0.25, 0.3) is 98.5 Å². The number of nitrogens with zero attached hydrogens (tertiary/aromatic N) is 1. The molecule has 0 aliphatic heterocycles. The number of aromatic nitrogens is 1. The van der Waals surface area contributed by atoms with E-state index in [-0.39, 0.29) is 0 Å². The molecule has 2 heteroatoms. The first-order chi connectivity index (χ1) is 23.3. The number of furan rings is 1. The molecular weight excluding hydrogens is 571 g/mol. The van der Waals surface area contributed by atoms with Crippen LogP contribution in [0.5, 0.6) is 0 Å². The number of rotatable bonds is 3. The lowest BCUT2D eigenvalue weighted by Crippen LogP contribution is -1.92. The summed E-state index contributed by atoms with van der Waals surface area (Å²) >= 11 is 0. The first kappa shape index (κ1) is 26.0. The van der Waals surface area contributed by atoms with Crippen LogP contribution in [-0.2, 0) is 0 Å². The fourth-order valence-electron chi connectivity index (χ4n) is 7.66. The Balaban J connectivity index is 1.36. The minimum absolute atomic E-state index is 0.909. The van der Waals surface area contributed by atoms with Crippen LogP contribution in [-0.4, -0.2) is 4.98 Å². The smallest absolute Gasteiger partial charge is 0.143 e. The molecule has 2 aromatic heterocycles. The van der Waals surface area contributed by atoms with Crippen LogP contribution in [0, 0.1) is 0 Å². The Bertz CT molecular complexity index is 2790. The third-order valence-electron chi connectivity index (χ3n) is 9.67. The van der Waals surface area contributed by atoms with E-state index >= 15 is 0 Å². The van der Waals surface area contributed by atoms with E-state index < -0.39 is 0 Å². The molecule has 0 unspecified atom stereocenters. The van der Waals surface area contributed by atoms with Gasteiger partial charge in [0.1, 0.15) is 11.2 Å². The molecule has 0 atom stereocenters. The molecule has 8 aromatic carbocycles. The highest BCUT2D eigenvalue weighted by Gasteiger charge is 2.23. The first-order valence-corrected chi connectivity index (χ1v) is 16.0. The highest BCUT2D eigenvalue weighted by Crippen LogP contribution is 2.49. The normalized spacial score (nSPS) is 11.8. The summed E-state index contributed by atoms with van der Waals surface area (Å²) in [5, 5.41) is 12.0. The van der Waals surface area contributed by atoms with Crippen molar-refractivity contribution in [2.45, 2.75) is 0 Å². The standard InChI is InChI=1S/C45H27NO/c1-2-13-29(14-3-1)39-27-31(24-25-46-39)41-34-18-8-10-20-36(34)42(37-21-11-9-19-35(37)41)38-26-30-15-5-7-17-33(30)44-43-32-16-6-4-12-28(32)22-23-40(43)47-45(38)44/h1-27H. The predicted molar refractivity (Wildman–Crippen MR) is 198 cm³/mol. The fraction of sp³-hybridized carbons (Fsp3) is 0. The Morgan fingerprint density at radius 3 is 1.68 bits per heavy atom. The van der Waals surface area contributed by atoms with Crippen LogP contribution in [0.4, 0.5) is 0 Å². The molecule has 0 saturated heterocycles. The van der Waals surface area contributed by atoms with Gasteiger partial charge in [0.25, 0.3) is 0 Å². The van der Waals surface area contributed by atoms with Gasteiger partial charge in [-0.2, -0.15) is 0 Å². The van der Waals surface area contributed by atoms with Gasteiger partial charge in [-0.05, 0) is 78.5 Å². The van der Waals surface area contributed by atoms with Crippen molar-refractivity contribution in [1.82, 2.24) is 4.98 Å². The quantitative estimate of drug-likeness (QED) is 0.189. The molecule has 0 saturated carbocycles. The topological polar surface area (TPSA) is 26.0 Å². The molecular formula is C45H27NO. The highest BCUT2D eigenvalue weighted by atomic mass is 16.3. The number of benzene rings is 8. The summed E-state index contributed by atoms with van der Waals surface area (Å²) < 4.78 is 6.92. The van der Waals surface area contributed by atoms with E-state index in [4.69, 9.17) is 9.40 Å². The molecule has 2 heterocycles. The zero-order valence-corrected chi connectivity index (χ0v) is 25.4. The lowest BCUT2D eigenvalue weighted by atomic mass is 9.84. The summed E-state index contributed by atoms with van der Waals surface area (Å²) in [4.78, 5) is 4.75. The lowest BCUT2D eigenvalue weighted by molar-refractivity contribution is 0.670. The zero-order valence-electron chi connectivity index (χ0n) is 25.4. The third-order valence-corrected chi connectivity index (χ3v) is 9.67. The average molecular weight is 598 g/mol. The lowest BCUT2D eigenvalue weighted by Gasteiger charge is -2.18. The number of hydrogen-bond acceptors (Lipinski definition) is 2. The molecule has 0 aliphatic carbocycles. The van der Waals surface area contributed by atoms with Gasteiger partial charge in [-0.1, -0.05) is 133 Å². The highest BCUT2D eigenvalue weighted by molar-refractivity contribution is 6.31. The molecule has 0 radical (unpaired) electrons. The summed E-state index contributed by atoms with van der Waals surface area (Å²) in [7, 11) is 0. The maximum Gasteiger partial charge on any atom is 0.143 e. The fourth-order valence-corrected chi connectivity index (χ4v) is 7.66. The molecule has 0 fully saturated rings. The second-order valence-electron chi connectivity index (χ2n) is 12.2. The largest absolute Gasteiger partial charge is 0.455 e. The average Bonchev–Trinajstić information content (AvgIpc) is 3.55. The van der Waals surface area contributed by atoms with Gasteiger partial charge >= 0.3 is 0 Å².